The molecule has 2 aromatic rings. The van der Waals surface area contributed by atoms with E-state index in [1.54, 1.807) is 6.07 Å². The number of benzene rings is 2. The maximum absolute atomic E-state index is 11.3. The fourth-order valence-electron chi connectivity index (χ4n) is 2.20. The molecule has 0 saturated carbocycles. The molecule has 2 rings (SSSR count). The molecule has 0 aliphatic heterocycles. The molecule has 1 N–H and O–H groups in total. The van der Waals surface area contributed by atoms with Crippen LogP contribution in [0.1, 0.15) is 21.5 Å². The Morgan fingerprint density at radius 2 is 1.75 bits per heavy atom. The predicted molar refractivity (Wildman–Crippen MR) is 81.6 cm³/mol. The molecule has 0 fully saturated rings. The minimum absolute atomic E-state index is 0.395. The van der Waals surface area contributed by atoms with Gasteiger partial charge >= 0.3 is 5.97 Å². The van der Waals surface area contributed by atoms with Crippen molar-refractivity contribution >= 4 is 11.7 Å². The zero-order valence-electron chi connectivity index (χ0n) is 11.8. The summed E-state index contributed by atoms with van der Waals surface area (Å²) in [5.74, 6) is -0.863. The molecule has 2 aromatic carbocycles. The van der Waals surface area contributed by atoms with Crippen molar-refractivity contribution in [3.05, 3.63) is 65.2 Å². The minimum atomic E-state index is -0.863. The second kappa shape index (κ2) is 6.24. The molecule has 0 atom stereocenters. The highest BCUT2D eigenvalue weighted by molar-refractivity contribution is 5.90. The third kappa shape index (κ3) is 3.38. The van der Waals surface area contributed by atoms with Crippen molar-refractivity contribution in [2.75, 3.05) is 19.0 Å². The third-order valence-corrected chi connectivity index (χ3v) is 3.36. The molecular weight excluding hydrogens is 250 g/mol. The van der Waals surface area contributed by atoms with Gasteiger partial charge in [-0.15, -0.1) is 0 Å². The number of aryl methyl sites for hydroxylation is 2. The topological polar surface area (TPSA) is 40.5 Å². The summed E-state index contributed by atoms with van der Waals surface area (Å²) >= 11 is 0. The summed E-state index contributed by atoms with van der Waals surface area (Å²) < 4.78 is 0. The molecule has 0 heterocycles. The summed E-state index contributed by atoms with van der Waals surface area (Å²) in [6.07, 6.45) is 1.57. The Morgan fingerprint density at radius 3 is 2.35 bits per heavy atom. The molecule has 0 unspecified atom stereocenters. The maximum Gasteiger partial charge on any atom is 0.335 e. The van der Waals surface area contributed by atoms with Crippen molar-refractivity contribution in [1.82, 2.24) is 0 Å². The Labute approximate surface area is 119 Å². The van der Waals surface area contributed by atoms with Crippen molar-refractivity contribution in [2.45, 2.75) is 12.8 Å². The summed E-state index contributed by atoms with van der Waals surface area (Å²) in [5.41, 5.74) is 3.52. The lowest BCUT2D eigenvalue weighted by Crippen LogP contribution is -2.11. The first-order valence-corrected chi connectivity index (χ1v) is 6.65. The van der Waals surface area contributed by atoms with Gasteiger partial charge in [0.25, 0.3) is 0 Å². The van der Waals surface area contributed by atoms with E-state index in [9.17, 15) is 9.90 Å². The quantitative estimate of drug-likeness (QED) is 0.906. The van der Waals surface area contributed by atoms with Crippen LogP contribution in [-0.4, -0.2) is 25.2 Å². The van der Waals surface area contributed by atoms with Gasteiger partial charge in [0.1, 0.15) is 0 Å². The molecule has 0 radical (unpaired) electrons. The van der Waals surface area contributed by atoms with E-state index in [4.69, 9.17) is 0 Å². The molecule has 0 bridgehead atoms. The highest BCUT2D eigenvalue weighted by Crippen LogP contribution is 2.20. The molecule has 0 aliphatic rings. The van der Waals surface area contributed by atoms with Gasteiger partial charge in [0.05, 0.1) is 5.56 Å². The predicted octanol–water partition coefficient (Wildman–Crippen LogP) is 3.24. The van der Waals surface area contributed by atoms with E-state index >= 15 is 0 Å². The number of anilines is 1. The number of nitrogens with zero attached hydrogens (tertiary/aromatic N) is 1. The Bertz CT molecular complexity index is 591. The van der Waals surface area contributed by atoms with Gasteiger partial charge in [0.2, 0.25) is 0 Å². The van der Waals surface area contributed by atoms with Gasteiger partial charge in [-0.25, -0.2) is 4.79 Å². The minimum Gasteiger partial charge on any atom is -0.478 e. The number of rotatable bonds is 5. The first kappa shape index (κ1) is 14.1. The molecule has 3 heteroatoms. The molecule has 0 saturated heterocycles. The first-order valence-electron chi connectivity index (χ1n) is 6.65. The van der Waals surface area contributed by atoms with Crippen LogP contribution in [0.3, 0.4) is 0 Å². The molecule has 104 valence electrons. The fourth-order valence-corrected chi connectivity index (χ4v) is 2.20. The molecule has 20 heavy (non-hydrogen) atoms. The van der Waals surface area contributed by atoms with Crippen molar-refractivity contribution < 1.29 is 9.90 Å². The summed E-state index contributed by atoms with van der Waals surface area (Å²) in [5, 5.41) is 9.28. The number of hydrogen-bond acceptors (Lipinski definition) is 2. The van der Waals surface area contributed by atoms with Crippen LogP contribution in [0.25, 0.3) is 0 Å². The zero-order valence-corrected chi connectivity index (χ0v) is 11.8. The van der Waals surface area contributed by atoms with Crippen molar-refractivity contribution in [3.63, 3.8) is 0 Å². The monoisotopic (exact) mass is 269 g/mol. The fraction of sp³-hybridized carbons (Fsp3) is 0.235. The van der Waals surface area contributed by atoms with Gasteiger partial charge in [-0.2, -0.15) is 0 Å². The second-order valence-corrected chi connectivity index (χ2v) is 5.03. The van der Waals surface area contributed by atoms with Gasteiger partial charge in [0, 0.05) is 19.8 Å². The van der Waals surface area contributed by atoms with Crippen LogP contribution in [0, 0.1) is 0 Å². The average Bonchev–Trinajstić information content (AvgIpc) is 2.45. The van der Waals surface area contributed by atoms with E-state index in [2.05, 4.69) is 12.1 Å². The third-order valence-electron chi connectivity index (χ3n) is 3.36. The lowest BCUT2D eigenvalue weighted by molar-refractivity contribution is 0.0695. The van der Waals surface area contributed by atoms with E-state index in [-0.39, 0.29) is 0 Å². The van der Waals surface area contributed by atoms with Gasteiger partial charge < -0.3 is 10.0 Å². The van der Waals surface area contributed by atoms with E-state index in [0.717, 1.165) is 24.1 Å². The van der Waals surface area contributed by atoms with Gasteiger partial charge in [-0.3, -0.25) is 0 Å². The first-order chi connectivity index (χ1) is 9.58. The van der Waals surface area contributed by atoms with Crippen molar-refractivity contribution in [3.8, 4) is 0 Å². The molecule has 0 amide bonds. The summed E-state index contributed by atoms with van der Waals surface area (Å²) in [6.45, 7) is 0. The molecule has 0 aliphatic carbocycles. The summed E-state index contributed by atoms with van der Waals surface area (Å²) in [6, 6.07) is 15.6. The Hall–Kier alpha value is -2.29. The Balaban J connectivity index is 2.24. The number of carboxylic acid groups (broad SMARTS) is 1. The van der Waals surface area contributed by atoms with Gasteiger partial charge in [-0.1, -0.05) is 30.3 Å². The van der Waals surface area contributed by atoms with Crippen LogP contribution in [0.5, 0.6) is 0 Å². The van der Waals surface area contributed by atoms with E-state index in [0.29, 0.717) is 5.56 Å². The summed E-state index contributed by atoms with van der Waals surface area (Å²) in [7, 11) is 3.91. The van der Waals surface area contributed by atoms with Crippen LogP contribution < -0.4 is 4.90 Å². The lowest BCUT2D eigenvalue weighted by atomic mass is 9.99. The standard InChI is InChI=1S/C17H19NO2/c1-18(2)15-10-11-16(17(19)20)14(12-15)9-8-13-6-4-3-5-7-13/h3-7,10-12H,8-9H2,1-2H3,(H,19,20). The highest BCUT2D eigenvalue weighted by atomic mass is 16.4. The zero-order chi connectivity index (χ0) is 14.5. The van der Waals surface area contributed by atoms with E-state index in [1.807, 2.05) is 49.3 Å². The van der Waals surface area contributed by atoms with Crippen molar-refractivity contribution in [1.29, 1.82) is 0 Å². The molecule has 0 aromatic heterocycles. The van der Waals surface area contributed by atoms with E-state index in [1.165, 1.54) is 5.56 Å². The van der Waals surface area contributed by atoms with Gasteiger partial charge in [-0.05, 0) is 42.2 Å². The van der Waals surface area contributed by atoms with Gasteiger partial charge in [0.15, 0.2) is 0 Å². The number of carboxylic acids is 1. The smallest absolute Gasteiger partial charge is 0.335 e. The number of aromatic carboxylic acids is 1. The van der Waals surface area contributed by atoms with Crippen molar-refractivity contribution in [2.24, 2.45) is 0 Å². The highest BCUT2D eigenvalue weighted by Gasteiger charge is 2.11. The lowest BCUT2D eigenvalue weighted by Gasteiger charge is -2.15. The average molecular weight is 269 g/mol. The number of carbonyl (C=O) groups is 1. The SMILES string of the molecule is CN(C)c1ccc(C(=O)O)c(CCc2ccccc2)c1. The molecular formula is C17H19NO2. The summed E-state index contributed by atoms with van der Waals surface area (Å²) in [4.78, 5) is 13.3. The second-order valence-electron chi connectivity index (χ2n) is 5.03. The number of hydrogen-bond donors (Lipinski definition) is 1. The molecule has 3 nitrogen and oxygen atoms in total. The Morgan fingerprint density at radius 1 is 1.05 bits per heavy atom. The Kier molecular flexibility index (Phi) is 4.41. The van der Waals surface area contributed by atoms with Crippen LogP contribution in [0.2, 0.25) is 0 Å². The van der Waals surface area contributed by atoms with Crippen LogP contribution >= 0.6 is 0 Å². The normalized spacial score (nSPS) is 10.3. The van der Waals surface area contributed by atoms with Crippen LogP contribution in [-0.2, 0) is 12.8 Å². The largest absolute Gasteiger partial charge is 0.478 e. The van der Waals surface area contributed by atoms with Crippen LogP contribution in [0.15, 0.2) is 48.5 Å². The van der Waals surface area contributed by atoms with E-state index < -0.39 is 5.97 Å². The maximum atomic E-state index is 11.3. The molecule has 0 spiro atoms. The van der Waals surface area contributed by atoms with Crippen LogP contribution in [0.4, 0.5) is 5.69 Å².